The van der Waals surface area contributed by atoms with E-state index in [1.54, 1.807) is 26.2 Å². The molecule has 3 aromatic rings. The van der Waals surface area contributed by atoms with E-state index in [2.05, 4.69) is 10.4 Å². The van der Waals surface area contributed by atoms with Crippen LogP contribution in [0.25, 0.3) is 10.2 Å². The van der Waals surface area contributed by atoms with E-state index in [1.165, 1.54) is 13.1 Å². The molecule has 0 aliphatic carbocycles. The number of aromatic nitrogens is 2. The van der Waals surface area contributed by atoms with Crippen molar-refractivity contribution in [2.45, 2.75) is 19.1 Å². The lowest BCUT2D eigenvalue weighted by atomic mass is 10.1. The van der Waals surface area contributed by atoms with Crippen LogP contribution in [0.5, 0.6) is 5.75 Å². The van der Waals surface area contributed by atoms with Gasteiger partial charge in [-0.05, 0) is 30.7 Å². The van der Waals surface area contributed by atoms with Crippen molar-refractivity contribution < 1.29 is 22.7 Å². The predicted molar refractivity (Wildman–Crippen MR) is 92.5 cm³/mol. The molecule has 9 heteroatoms. The zero-order chi connectivity index (χ0) is 19.1. The van der Waals surface area contributed by atoms with Gasteiger partial charge in [-0.3, -0.25) is 9.48 Å². The Balaban J connectivity index is 1.83. The molecule has 0 saturated heterocycles. The molecular formula is C17H16F3N3O2S. The Hall–Kier alpha value is -2.55. The molecule has 0 fully saturated rings. The fourth-order valence-electron chi connectivity index (χ4n) is 2.61. The van der Waals surface area contributed by atoms with Crippen LogP contribution in [-0.2, 0) is 13.2 Å². The Morgan fingerprint density at radius 2 is 1.96 bits per heavy atom. The molecule has 0 bridgehead atoms. The largest absolute Gasteiger partial charge is 0.497 e. The topological polar surface area (TPSA) is 56.1 Å². The monoisotopic (exact) mass is 383 g/mol. The third-order valence-corrected chi connectivity index (χ3v) is 5.17. The fourth-order valence-corrected chi connectivity index (χ4v) is 3.58. The molecule has 2 aromatic heterocycles. The number of methoxy groups -OCH3 is 1. The molecule has 5 nitrogen and oxygen atoms in total. The first kappa shape index (κ1) is 18.2. The van der Waals surface area contributed by atoms with Gasteiger partial charge in [0.15, 0.2) is 5.69 Å². The summed E-state index contributed by atoms with van der Waals surface area (Å²) in [5.41, 5.74) is -0.119. The summed E-state index contributed by atoms with van der Waals surface area (Å²) < 4.78 is 45.4. The number of hydrogen-bond acceptors (Lipinski definition) is 4. The first-order valence-electron chi connectivity index (χ1n) is 7.69. The van der Waals surface area contributed by atoms with E-state index in [0.717, 1.165) is 21.6 Å². The Morgan fingerprint density at radius 3 is 2.54 bits per heavy atom. The second-order valence-corrected chi connectivity index (χ2v) is 6.80. The first-order valence-corrected chi connectivity index (χ1v) is 8.51. The normalized spacial score (nSPS) is 13.0. The molecule has 0 aliphatic heterocycles. The van der Waals surface area contributed by atoms with Gasteiger partial charge in [0.2, 0.25) is 0 Å². The summed E-state index contributed by atoms with van der Waals surface area (Å²) >= 11 is 0.981. The highest BCUT2D eigenvalue weighted by Gasteiger charge is 2.37. The van der Waals surface area contributed by atoms with Crippen molar-refractivity contribution in [2.24, 2.45) is 7.05 Å². The molecule has 138 valence electrons. The van der Waals surface area contributed by atoms with Gasteiger partial charge in [0, 0.05) is 12.4 Å². The van der Waals surface area contributed by atoms with Crippen molar-refractivity contribution in [3.05, 3.63) is 46.5 Å². The van der Waals surface area contributed by atoms with Crippen LogP contribution >= 0.6 is 11.3 Å². The first-order chi connectivity index (χ1) is 12.2. The zero-order valence-electron chi connectivity index (χ0n) is 14.2. The molecule has 1 amide bonds. The van der Waals surface area contributed by atoms with Gasteiger partial charge in [0.05, 0.1) is 18.0 Å². The number of carbonyl (C=O) groups excluding carboxylic acids is 1. The van der Waals surface area contributed by atoms with Crippen LogP contribution in [0.1, 0.15) is 33.9 Å². The van der Waals surface area contributed by atoms with Crippen molar-refractivity contribution in [1.82, 2.24) is 15.1 Å². The number of carbonyl (C=O) groups is 1. The molecular weight excluding hydrogens is 367 g/mol. The second-order valence-electron chi connectivity index (χ2n) is 5.77. The molecule has 0 saturated carbocycles. The van der Waals surface area contributed by atoms with Crippen molar-refractivity contribution in [3.8, 4) is 5.75 Å². The highest BCUT2D eigenvalue weighted by atomic mass is 32.1. The molecule has 1 N–H and O–H groups in total. The minimum Gasteiger partial charge on any atom is -0.497 e. The average molecular weight is 383 g/mol. The van der Waals surface area contributed by atoms with E-state index in [9.17, 15) is 18.0 Å². The van der Waals surface area contributed by atoms with Crippen LogP contribution in [0.3, 0.4) is 0 Å². The van der Waals surface area contributed by atoms with E-state index >= 15 is 0 Å². The number of rotatable bonds is 4. The van der Waals surface area contributed by atoms with Gasteiger partial charge < -0.3 is 10.1 Å². The van der Waals surface area contributed by atoms with E-state index in [-0.39, 0.29) is 16.3 Å². The van der Waals surface area contributed by atoms with E-state index < -0.39 is 17.8 Å². The number of amides is 1. The third kappa shape index (κ3) is 3.39. The van der Waals surface area contributed by atoms with Crippen LogP contribution in [0, 0.1) is 0 Å². The third-order valence-electron chi connectivity index (χ3n) is 3.97. The summed E-state index contributed by atoms with van der Waals surface area (Å²) in [5, 5.41) is 6.24. The van der Waals surface area contributed by atoms with E-state index in [4.69, 9.17) is 4.74 Å². The summed E-state index contributed by atoms with van der Waals surface area (Å²) in [4.78, 5) is 13.0. The minimum absolute atomic E-state index is 0.0627. The number of hydrogen-bond donors (Lipinski definition) is 1. The smallest absolute Gasteiger partial charge is 0.435 e. The molecule has 0 spiro atoms. The number of fused-ring (bicyclic) bond motifs is 1. The Labute approximate surface area is 151 Å². The van der Waals surface area contributed by atoms with Crippen LogP contribution in [0.4, 0.5) is 13.2 Å². The van der Waals surface area contributed by atoms with Crippen LogP contribution in [-0.4, -0.2) is 22.8 Å². The summed E-state index contributed by atoms with van der Waals surface area (Å²) in [6.45, 7) is 1.80. The molecule has 0 aliphatic rings. The van der Waals surface area contributed by atoms with Gasteiger partial charge in [-0.1, -0.05) is 12.1 Å². The molecule has 26 heavy (non-hydrogen) atoms. The van der Waals surface area contributed by atoms with Crippen molar-refractivity contribution >= 4 is 27.5 Å². The lowest BCUT2D eigenvalue weighted by Gasteiger charge is -2.14. The van der Waals surface area contributed by atoms with Crippen molar-refractivity contribution in [2.75, 3.05) is 7.11 Å². The van der Waals surface area contributed by atoms with Crippen molar-refractivity contribution in [3.63, 3.8) is 0 Å². The molecule has 0 radical (unpaired) electrons. The van der Waals surface area contributed by atoms with Gasteiger partial charge in [-0.2, -0.15) is 18.3 Å². The number of nitrogens with zero attached hydrogens (tertiary/aromatic N) is 2. The number of nitrogens with one attached hydrogen (secondary N) is 1. The van der Waals surface area contributed by atoms with Crippen LogP contribution in [0.2, 0.25) is 0 Å². The zero-order valence-corrected chi connectivity index (χ0v) is 15.0. The van der Waals surface area contributed by atoms with Gasteiger partial charge >= 0.3 is 6.18 Å². The van der Waals surface area contributed by atoms with E-state index in [0.29, 0.717) is 10.6 Å². The Bertz CT molecular complexity index is 945. The standard InChI is InChI=1S/C17H16F3N3O2S/c1-9(10-4-6-11(25-3)7-5-10)21-15(24)13-8-12-14(17(18,19)20)22-23(2)16(12)26-13/h4-9H,1-3H3,(H,21,24)/t9-/m0/s1. The van der Waals surface area contributed by atoms with Crippen molar-refractivity contribution in [1.29, 1.82) is 0 Å². The van der Waals surface area contributed by atoms with Gasteiger partial charge in [-0.25, -0.2) is 0 Å². The minimum atomic E-state index is -4.56. The summed E-state index contributed by atoms with van der Waals surface area (Å²) in [6, 6.07) is 8.13. The van der Waals surface area contributed by atoms with Gasteiger partial charge in [0.25, 0.3) is 5.91 Å². The van der Waals surface area contributed by atoms with Gasteiger partial charge in [0.1, 0.15) is 10.6 Å². The molecule has 0 unspecified atom stereocenters. The Morgan fingerprint density at radius 1 is 1.31 bits per heavy atom. The van der Waals surface area contributed by atoms with Crippen LogP contribution in [0.15, 0.2) is 30.3 Å². The maximum absolute atomic E-state index is 13.1. The number of benzene rings is 1. The number of ether oxygens (including phenoxy) is 1. The second kappa shape index (κ2) is 6.64. The highest BCUT2D eigenvalue weighted by molar-refractivity contribution is 7.20. The summed E-state index contributed by atoms with van der Waals surface area (Å²) in [6.07, 6.45) is -4.56. The highest BCUT2D eigenvalue weighted by Crippen LogP contribution is 2.37. The number of alkyl halides is 3. The van der Waals surface area contributed by atoms with Crippen LogP contribution < -0.4 is 10.1 Å². The number of aryl methyl sites for hydroxylation is 1. The average Bonchev–Trinajstić information content (AvgIpc) is 3.15. The molecule has 1 aromatic carbocycles. The fraction of sp³-hybridized carbons (Fsp3) is 0.294. The molecule has 1 atom stereocenters. The SMILES string of the molecule is COc1ccc([C@H](C)NC(=O)c2cc3c(C(F)(F)F)nn(C)c3s2)cc1. The lowest BCUT2D eigenvalue weighted by molar-refractivity contribution is -0.140. The molecule has 2 heterocycles. The quantitative estimate of drug-likeness (QED) is 0.736. The molecule has 3 rings (SSSR count). The van der Waals surface area contributed by atoms with E-state index in [1.807, 2.05) is 12.1 Å². The maximum atomic E-state index is 13.1. The maximum Gasteiger partial charge on any atom is 0.435 e. The lowest BCUT2D eigenvalue weighted by Crippen LogP contribution is -2.25. The van der Waals surface area contributed by atoms with Gasteiger partial charge in [-0.15, -0.1) is 11.3 Å². The number of halogens is 3. The number of thiophene rings is 1. The summed E-state index contributed by atoms with van der Waals surface area (Å²) in [5.74, 6) is 0.270. The Kier molecular flexibility index (Phi) is 4.66. The summed E-state index contributed by atoms with van der Waals surface area (Å²) in [7, 11) is 2.99. The predicted octanol–water partition coefficient (Wildman–Crippen LogP) is 4.15.